The summed E-state index contributed by atoms with van der Waals surface area (Å²) in [6, 6.07) is 9.98. The predicted molar refractivity (Wildman–Crippen MR) is 105 cm³/mol. The van der Waals surface area contributed by atoms with E-state index in [1.807, 2.05) is 37.3 Å². The highest BCUT2D eigenvalue weighted by Crippen LogP contribution is 2.28. The summed E-state index contributed by atoms with van der Waals surface area (Å²) in [7, 11) is 0. The smallest absolute Gasteiger partial charge is 0.316 e. The monoisotopic (exact) mass is 367 g/mol. The molecule has 0 atom stereocenters. The Labute approximate surface area is 158 Å². The van der Waals surface area contributed by atoms with Crippen molar-refractivity contribution in [3.8, 4) is 5.75 Å². The lowest BCUT2D eigenvalue weighted by molar-refractivity contribution is -0.142. The van der Waals surface area contributed by atoms with Gasteiger partial charge in [-0.3, -0.25) is 14.2 Å². The first-order valence-corrected chi connectivity index (χ1v) is 9.04. The van der Waals surface area contributed by atoms with Crippen LogP contribution in [0.2, 0.25) is 0 Å². The van der Waals surface area contributed by atoms with Crippen molar-refractivity contribution in [1.82, 2.24) is 14.5 Å². The van der Waals surface area contributed by atoms with Crippen LogP contribution in [0.4, 0.5) is 0 Å². The Bertz CT molecular complexity index is 1040. The number of esters is 1. The van der Waals surface area contributed by atoms with Crippen molar-refractivity contribution >= 4 is 17.0 Å². The SMILES string of the molecule is Cc1[nH]c2nc(C)n(CCc3ccccc3)c(=O)c2c1OC(=O)C(C)(C)C. The number of benzene rings is 1. The standard InChI is InChI=1S/C21H25N3O3/c1-13-17(27-20(26)21(3,4)5)16-18(22-13)23-14(2)24(19(16)25)12-11-15-9-7-6-8-10-15/h6-10,22H,11-12H2,1-5H3. The van der Waals surface area contributed by atoms with E-state index in [0.29, 0.717) is 29.1 Å². The molecule has 0 unspecified atom stereocenters. The Morgan fingerprint density at radius 3 is 2.48 bits per heavy atom. The van der Waals surface area contributed by atoms with Gasteiger partial charge in [-0.1, -0.05) is 30.3 Å². The van der Waals surface area contributed by atoms with E-state index in [9.17, 15) is 9.59 Å². The molecule has 0 aliphatic rings. The number of ether oxygens (including phenoxy) is 1. The van der Waals surface area contributed by atoms with E-state index in [-0.39, 0.29) is 17.3 Å². The van der Waals surface area contributed by atoms with Gasteiger partial charge in [-0.05, 0) is 46.6 Å². The van der Waals surface area contributed by atoms with Gasteiger partial charge in [-0.2, -0.15) is 0 Å². The van der Waals surface area contributed by atoms with E-state index < -0.39 is 5.41 Å². The Morgan fingerprint density at radius 2 is 1.85 bits per heavy atom. The van der Waals surface area contributed by atoms with Gasteiger partial charge in [0.25, 0.3) is 5.56 Å². The van der Waals surface area contributed by atoms with Crippen LogP contribution in [0.25, 0.3) is 11.0 Å². The summed E-state index contributed by atoms with van der Waals surface area (Å²) in [5, 5.41) is 0.323. The number of aryl methyl sites for hydroxylation is 3. The topological polar surface area (TPSA) is 77.0 Å². The maximum Gasteiger partial charge on any atom is 0.316 e. The van der Waals surface area contributed by atoms with Crippen molar-refractivity contribution < 1.29 is 9.53 Å². The van der Waals surface area contributed by atoms with Gasteiger partial charge in [0.15, 0.2) is 5.75 Å². The molecule has 0 bridgehead atoms. The fraction of sp³-hybridized carbons (Fsp3) is 0.381. The molecule has 0 saturated carbocycles. The lowest BCUT2D eigenvalue weighted by atomic mass is 9.97. The molecule has 2 aromatic heterocycles. The van der Waals surface area contributed by atoms with Crippen molar-refractivity contribution in [3.05, 3.63) is 57.8 Å². The lowest BCUT2D eigenvalue weighted by Crippen LogP contribution is -2.27. The first-order chi connectivity index (χ1) is 12.7. The maximum atomic E-state index is 13.1. The maximum absolute atomic E-state index is 13.1. The minimum absolute atomic E-state index is 0.200. The van der Waals surface area contributed by atoms with Crippen LogP contribution in [-0.2, 0) is 17.8 Å². The third-order valence-electron chi connectivity index (χ3n) is 4.51. The lowest BCUT2D eigenvalue weighted by Gasteiger charge is -2.16. The molecule has 0 aliphatic carbocycles. The number of aromatic nitrogens is 3. The van der Waals surface area contributed by atoms with Gasteiger partial charge in [-0.15, -0.1) is 0 Å². The second kappa shape index (κ2) is 7.02. The number of aromatic amines is 1. The van der Waals surface area contributed by atoms with E-state index in [2.05, 4.69) is 9.97 Å². The summed E-state index contributed by atoms with van der Waals surface area (Å²) >= 11 is 0. The zero-order valence-electron chi connectivity index (χ0n) is 16.4. The molecule has 27 heavy (non-hydrogen) atoms. The van der Waals surface area contributed by atoms with Gasteiger partial charge >= 0.3 is 5.97 Å². The number of fused-ring (bicyclic) bond motifs is 1. The third-order valence-corrected chi connectivity index (χ3v) is 4.51. The zero-order valence-corrected chi connectivity index (χ0v) is 16.4. The first-order valence-electron chi connectivity index (χ1n) is 9.04. The average molecular weight is 367 g/mol. The van der Waals surface area contributed by atoms with Crippen LogP contribution >= 0.6 is 0 Å². The third kappa shape index (κ3) is 3.79. The molecule has 3 aromatic rings. The van der Waals surface area contributed by atoms with Gasteiger partial charge in [0.1, 0.15) is 16.9 Å². The second-order valence-corrected chi connectivity index (χ2v) is 7.79. The number of nitrogens with one attached hydrogen (secondary N) is 1. The molecule has 6 heteroatoms. The number of carbonyl (C=O) groups excluding carboxylic acids is 1. The molecule has 142 valence electrons. The zero-order chi connectivity index (χ0) is 19.8. The minimum atomic E-state index is -0.666. The van der Waals surface area contributed by atoms with Gasteiger partial charge in [0.05, 0.1) is 11.1 Å². The Balaban J connectivity index is 2.02. The average Bonchev–Trinajstić information content (AvgIpc) is 2.90. The predicted octanol–water partition coefficient (Wildman–Crippen LogP) is 3.54. The summed E-state index contributed by atoms with van der Waals surface area (Å²) in [5.41, 5.74) is 1.35. The molecule has 1 aromatic carbocycles. The van der Waals surface area contributed by atoms with Gasteiger partial charge in [0.2, 0.25) is 0 Å². The number of carbonyl (C=O) groups is 1. The van der Waals surface area contributed by atoms with E-state index >= 15 is 0 Å². The molecule has 0 radical (unpaired) electrons. The van der Waals surface area contributed by atoms with Crippen LogP contribution in [0.15, 0.2) is 35.1 Å². The number of nitrogens with zero attached hydrogens (tertiary/aromatic N) is 2. The van der Waals surface area contributed by atoms with Crippen molar-refractivity contribution in [2.75, 3.05) is 0 Å². The van der Waals surface area contributed by atoms with Crippen LogP contribution in [0.5, 0.6) is 5.75 Å². The molecule has 1 N–H and O–H groups in total. The van der Waals surface area contributed by atoms with Crippen LogP contribution < -0.4 is 10.3 Å². The van der Waals surface area contributed by atoms with Crippen molar-refractivity contribution in [2.45, 2.75) is 47.6 Å². The van der Waals surface area contributed by atoms with Crippen molar-refractivity contribution in [1.29, 1.82) is 0 Å². The molecule has 0 spiro atoms. The second-order valence-electron chi connectivity index (χ2n) is 7.79. The first kappa shape index (κ1) is 18.9. The van der Waals surface area contributed by atoms with E-state index in [4.69, 9.17) is 4.74 Å². The summed E-state index contributed by atoms with van der Waals surface area (Å²) < 4.78 is 7.21. The van der Waals surface area contributed by atoms with Crippen LogP contribution in [0.1, 0.15) is 37.9 Å². The van der Waals surface area contributed by atoms with Crippen LogP contribution in [0.3, 0.4) is 0 Å². The van der Waals surface area contributed by atoms with Crippen molar-refractivity contribution in [2.24, 2.45) is 5.41 Å². The Morgan fingerprint density at radius 1 is 1.19 bits per heavy atom. The van der Waals surface area contributed by atoms with Gasteiger partial charge in [-0.25, -0.2) is 4.98 Å². The molecule has 2 heterocycles. The highest BCUT2D eigenvalue weighted by atomic mass is 16.5. The summed E-state index contributed by atoms with van der Waals surface area (Å²) in [5.74, 6) is 0.511. The summed E-state index contributed by atoms with van der Waals surface area (Å²) in [4.78, 5) is 33.1. The highest BCUT2D eigenvalue weighted by molar-refractivity contribution is 5.88. The van der Waals surface area contributed by atoms with E-state index in [1.54, 1.807) is 32.3 Å². The molecule has 0 fully saturated rings. The van der Waals surface area contributed by atoms with E-state index in [1.165, 1.54) is 0 Å². The Hall–Kier alpha value is -2.89. The van der Waals surface area contributed by atoms with Crippen LogP contribution in [0, 0.1) is 19.3 Å². The molecule has 0 aliphatic heterocycles. The molecule has 0 amide bonds. The quantitative estimate of drug-likeness (QED) is 0.716. The fourth-order valence-corrected chi connectivity index (χ4v) is 2.90. The molecule has 0 saturated heterocycles. The summed E-state index contributed by atoms with van der Waals surface area (Å²) in [6.07, 6.45) is 0.718. The fourth-order valence-electron chi connectivity index (χ4n) is 2.90. The Kier molecular flexibility index (Phi) is 4.91. The van der Waals surface area contributed by atoms with Crippen LogP contribution in [-0.4, -0.2) is 20.5 Å². The normalized spacial score (nSPS) is 11.7. The highest BCUT2D eigenvalue weighted by Gasteiger charge is 2.27. The number of hydrogen-bond acceptors (Lipinski definition) is 4. The number of H-pyrrole nitrogens is 1. The van der Waals surface area contributed by atoms with Crippen molar-refractivity contribution in [3.63, 3.8) is 0 Å². The largest absolute Gasteiger partial charge is 0.423 e. The summed E-state index contributed by atoms with van der Waals surface area (Å²) in [6.45, 7) is 9.42. The van der Waals surface area contributed by atoms with Gasteiger partial charge < -0.3 is 9.72 Å². The molecular formula is C21H25N3O3. The molecular weight excluding hydrogens is 342 g/mol. The van der Waals surface area contributed by atoms with Gasteiger partial charge in [0, 0.05) is 6.54 Å². The van der Waals surface area contributed by atoms with E-state index in [0.717, 1.165) is 12.0 Å². The number of hydrogen-bond donors (Lipinski definition) is 1. The molecule has 6 nitrogen and oxygen atoms in total. The minimum Gasteiger partial charge on any atom is -0.423 e. The molecule has 3 rings (SSSR count). The number of rotatable bonds is 4.